The highest BCUT2D eigenvalue weighted by atomic mass is 35.5. The molecule has 9 heteroatoms. The molecule has 2 aromatic heterocycles. The van der Waals surface area contributed by atoms with Crippen molar-refractivity contribution in [2.45, 2.75) is 25.3 Å². The van der Waals surface area contributed by atoms with Crippen LogP contribution in [0, 0.1) is 5.92 Å². The van der Waals surface area contributed by atoms with Crippen molar-refractivity contribution in [3.05, 3.63) is 18.6 Å². The Morgan fingerprint density at radius 3 is 2.96 bits per heavy atom. The smallest absolute Gasteiger partial charge is 0.222 e. The summed E-state index contributed by atoms with van der Waals surface area (Å²) < 4.78 is 0. The summed E-state index contributed by atoms with van der Waals surface area (Å²) in [4.78, 5) is 28.7. The number of anilines is 1. The van der Waals surface area contributed by atoms with E-state index in [0.717, 1.165) is 55.9 Å². The molecule has 2 N–H and O–H groups in total. The van der Waals surface area contributed by atoms with Crippen LogP contribution in [0.2, 0.25) is 0 Å². The first-order chi connectivity index (χ1) is 11.8. The third-order valence-electron chi connectivity index (χ3n) is 5.38. The summed E-state index contributed by atoms with van der Waals surface area (Å²) in [6.07, 6.45) is 6.20. The number of rotatable bonds is 4. The number of amides is 1. The fourth-order valence-electron chi connectivity index (χ4n) is 4.18. The summed E-state index contributed by atoms with van der Waals surface area (Å²) in [5.41, 5.74) is 0.886. The number of nitrogens with zero attached hydrogens (tertiary/aromatic N) is 4. The van der Waals surface area contributed by atoms with E-state index in [1.54, 1.807) is 6.33 Å². The predicted molar refractivity (Wildman–Crippen MR) is 107 cm³/mol. The van der Waals surface area contributed by atoms with Gasteiger partial charge < -0.3 is 20.1 Å². The molecule has 2 aromatic rings. The normalized spacial score (nSPS) is 22.6. The molecule has 0 aromatic carbocycles. The summed E-state index contributed by atoms with van der Waals surface area (Å²) in [7, 11) is 1.94. The lowest BCUT2D eigenvalue weighted by molar-refractivity contribution is -0.139. The third-order valence-corrected chi connectivity index (χ3v) is 5.38. The van der Waals surface area contributed by atoms with E-state index in [4.69, 9.17) is 0 Å². The molecule has 0 bridgehead atoms. The molecule has 1 amide bonds. The summed E-state index contributed by atoms with van der Waals surface area (Å²) in [5.74, 6) is 1.85. The number of aromatic nitrogens is 3. The molecule has 7 nitrogen and oxygen atoms in total. The number of likely N-dealkylation sites (tertiary alicyclic amines) is 1. The van der Waals surface area contributed by atoms with Crippen LogP contribution < -0.4 is 10.2 Å². The minimum Gasteiger partial charge on any atom is -0.356 e. The number of likely N-dealkylation sites (N-methyl/N-ethyl adjacent to an activating group) is 1. The number of hydrogen-bond acceptors (Lipinski definition) is 5. The lowest BCUT2D eigenvalue weighted by Gasteiger charge is -2.47. The molecule has 26 heavy (non-hydrogen) atoms. The maximum absolute atomic E-state index is 12.3. The molecule has 2 aliphatic rings. The van der Waals surface area contributed by atoms with Gasteiger partial charge in [-0.05, 0) is 31.9 Å². The van der Waals surface area contributed by atoms with Crippen LogP contribution in [0.15, 0.2) is 18.6 Å². The second kappa shape index (κ2) is 8.88. The lowest BCUT2D eigenvalue weighted by Crippen LogP contribution is -2.57. The van der Waals surface area contributed by atoms with E-state index in [-0.39, 0.29) is 24.8 Å². The molecule has 0 spiro atoms. The summed E-state index contributed by atoms with van der Waals surface area (Å²) in [6.45, 7) is 3.56. The lowest BCUT2D eigenvalue weighted by atomic mass is 9.83. The molecule has 2 saturated heterocycles. The molecular weight excluding hydrogens is 375 g/mol. The summed E-state index contributed by atoms with van der Waals surface area (Å²) >= 11 is 0. The number of H-pyrrole nitrogens is 1. The monoisotopic (exact) mass is 400 g/mol. The molecule has 144 valence electrons. The van der Waals surface area contributed by atoms with E-state index in [9.17, 15) is 4.79 Å². The Morgan fingerprint density at radius 1 is 1.31 bits per heavy atom. The van der Waals surface area contributed by atoms with E-state index in [1.807, 2.05) is 19.3 Å². The molecule has 0 aliphatic carbocycles. The van der Waals surface area contributed by atoms with Gasteiger partial charge in [0.15, 0.2) is 0 Å². The molecule has 0 unspecified atom stereocenters. The zero-order valence-electron chi connectivity index (χ0n) is 14.9. The first-order valence-corrected chi connectivity index (χ1v) is 8.75. The summed E-state index contributed by atoms with van der Waals surface area (Å²) in [6, 6.07) is 2.42. The van der Waals surface area contributed by atoms with Crippen LogP contribution in [0.5, 0.6) is 0 Å². The van der Waals surface area contributed by atoms with E-state index in [2.05, 4.69) is 30.1 Å². The van der Waals surface area contributed by atoms with Gasteiger partial charge in [0.25, 0.3) is 0 Å². The van der Waals surface area contributed by atoms with E-state index >= 15 is 0 Å². The average Bonchev–Trinajstić information content (AvgIpc) is 3.09. The molecule has 0 radical (unpaired) electrons. The quantitative estimate of drug-likeness (QED) is 0.818. The number of nitrogens with one attached hydrogen (secondary N) is 2. The van der Waals surface area contributed by atoms with Gasteiger partial charge in [0.05, 0.1) is 5.39 Å². The van der Waals surface area contributed by atoms with Crippen molar-refractivity contribution in [2.24, 2.45) is 5.92 Å². The van der Waals surface area contributed by atoms with Crippen molar-refractivity contribution >= 4 is 47.6 Å². The van der Waals surface area contributed by atoms with Crippen molar-refractivity contribution in [1.82, 2.24) is 25.2 Å². The van der Waals surface area contributed by atoms with Gasteiger partial charge in [-0.1, -0.05) is 0 Å². The van der Waals surface area contributed by atoms with Gasteiger partial charge in [0.2, 0.25) is 5.91 Å². The number of aromatic amines is 1. The maximum atomic E-state index is 12.3. The second-order valence-corrected chi connectivity index (χ2v) is 6.73. The SMILES string of the molecule is CNCCN1C(=O)CC[C@H]2CN(c3ncnc4[nH]ccc34)CC[C@H]21.Cl.Cl. The van der Waals surface area contributed by atoms with Crippen LogP contribution >= 0.6 is 24.8 Å². The first kappa shape index (κ1) is 20.7. The van der Waals surface area contributed by atoms with Gasteiger partial charge in [0.1, 0.15) is 17.8 Å². The van der Waals surface area contributed by atoms with Crippen molar-refractivity contribution in [1.29, 1.82) is 0 Å². The van der Waals surface area contributed by atoms with Gasteiger partial charge in [-0.2, -0.15) is 0 Å². The highest BCUT2D eigenvalue weighted by Crippen LogP contribution is 2.34. The second-order valence-electron chi connectivity index (χ2n) is 6.73. The van der Waals surface area contributed by atoms with Crippen molar-refractivity contribution in [2.75, 3.05) is 38.1 Å². The Labute approximate surface area is 165 Å². The predicted octanol–water partition coefficient (Wildman–Crippen LogP) is 1.84. The van der Waals surface area contributed by atoms with Crippen LogP contribution in [-0.4, -0.2) is 65.0 Å². The van der Waals surface area contributed by atoms with Gasteiger partial charge in [-0.3, -0.25) is 4.79 Å². The molecule has 0 saturated carbocycles. The largest absolute Gasteiger partial charge is 0.356 e. The zero-order chi connectivity index (χ0) is 16.5. The molecule has 4 rings (SSSR count). The number of carbonyl (C=O) groups excluding carboxylic acids is 1. The van der Waals surface area contributed by atoms with Gasteiger partial charge in [-0.15, -0.1) is 24.8 Å². The Balaban J connectivity index is 0.00000121. The van der Waals surface area contributed by atoms with Crippen LogP contribution in [0.25, 0.3) is 11.0 Å². The Kier molecular flexibility index (Phi) is 7.08. The van der Waals surface area contributed by atoms with E-state index < -0.39 is 0 Å². The van der Waals surface area contributed by atoms with Crippen LogP contribution in [0.1, 0.15) is 19.3 Å². The number of fused-ring (bicyclic) bond motifs is 2. The van der Waals surface area contributed by atoms with E-state index in [0.29, 0.717) is 24.3 Å². The minimum atomic E-state index is 0. The Hall–Kier alpha value is -1.57. The van der Waals surface area contributed by atoms with Crippen LogP contribution in [-0.2, 0) is 4.79 Å². The average molecular weight is 401 g/mol. The van der Waals surface area contributed by atoms with E-state index in [1.165, 1.54) is 0 Å². The fourth-order valence-corrected chi connectivity index (χ4v) is 4.18. The number of piperidine rings is 2. The topological polar surface area (TPSA) is 77.2 Å². The number of halogens is 2. The molecule has 2 atom stereocenters. The fraction of sp³-hybridized carbons (Fsp3) is 0.588. The van der Waals surface area contributed by atoms with Gasteiger partial charge >= 0.3 is 0 Å². The molecule has 4 heterocycles. The number of hydrogen-bond donors (Lipinski definition) is 2. The van der Waals surface area contributed by atoms with Gasteiger partial charge in [-0.25, -0.2) is 9.97 Å². The zero-order valence-corrected chi connectivity index (χ0v) is 16.5. The highest BCUT2D eigenvalue weighted by Gasteiger charge is 2.39. The highest BCUT2D eigenvalue weighted by molar-refractivity contribution is 5.87. The number of carbonyl (C=O) groups is 1. The molecule has 2 aliphatic heterocycles. The Bertz CT molecular complexity index is 739. The first-order valence-electron chi connectivity index (χ1n) is 8.75. The summed E-state index contributed by atoms with van der Waals surface area (Å²) in [5, 5.41) is 4.24. The van der Waals surface area contributed by atoms with Gasteiger partial charge in [0, 0.05) is 44.8 Å². The Morgan fingerprint density at radius 2 is 2.15 bits per heavy atom. The molecular formula is C17H26Cl2N6O. The van der Waals surface area contributed by atoms with Crippen LogP contribution in [0.3, 0.4) is 0 Å². The van der Waals surface area contributed by atoms with Crippen molar-refractivity contribution in [3.63, 3.8) is 0 Å². The standard InChI is InChI=1S/C17H24N6O.2ClH/c1-18-7-9-23-14-5-8-22(10-12(14)2-3-15(23)24)17-13-4-6-19-16(13)20-11-21-17;;/h4,6,11-12,14,18H,2-3,5,7-10H2,1H3,(H,19,20,21);2*1H/t12-,14+;;/m0../s1. The molecule has 2 fully saturated rings. The third kappa shape index (κ3) is 3.75. The van der Waals surface area contributed by atoms with Crippen molar-refractivity contribution in [3.8, 4) is 0 Å². The van der Waals surface area contributed by atoms with Crippen molar-refractivity contribution < 1.29 is 4.79 Å². The maximum Gasteiger partial charge on any atom is 0.222 e. The minimum absolute atomic E-state index is 0. The van der Waals surface area contributed by atoms with Crippen LogP contribution in [0.4, 0.5) is 5.82 Å².